The summed E-state index contributed by atoms with van der Waals surface area (Å²) in [4.78, 5) is 0. The van der Waals surface area contributed by atoms with Gasteiger partial charge in [0.1, 0.15) is 0 Å². The fourth-order valence-corrected chi connectivity index (χ4v) is 6.50. The molecule has 48 heavy (non-hydrogen) atoms. The number of hydrogen-bond donors (Lipinski definition) is 0. The van der Waals surface area contributed by atoms with Crippen molar-refractivity contribution < 1.29 is 0 Å². The predicted molar refractivity (Wildman–Crippen MR) is 203 cm³/mol. The Morgan fingerprint density at radius 3 is 0.604 bits per heavy atom. The van der Waals surface area contributed by atoms with E-state index in [1.54, 1.807) is 0 Å². The summed E-state index contributed by atoms with van der Waals surface area (Å²) in [5, 5.41) is 0. The maximum Gasteiger partial charge on any atom is 0.0243 e. The van der Waals surface area contributed by atoms with Crippen LogP contribution in [0.1, 0.15) is 16.7 Å². The van der Waals surface area contributed by atoms with Gasteiger partial charge in [0.05, 0.1) is 0 Å². The summed E-state index contributed by atoms with van der Waals surface area (Å²) in [5.74, 6) is 8.38. The van der Waals surface area contributed by atoms with Crippen LogP contribution in [0.2, 0.25) is 0 Å². The second-order valence-corrected chi connectivity index (χ2v) is 11.5. The van der Waals surface area contributed by atoms with Crippen molar-refractivity contribution >= 4 is 0 Å². The van der Waals surface area contributed by atoms with Gasteiger partial charge in [0.25, 0.3) is 0 Å². The topological polar surface area (TPSA) is 0 Å². The van der Waals surface area contributed by atoms with Crippen molar-refractivity contribution in [2.24, 2.45) is 0 Å². The molecule has 0 aliphatic carbocycles. The smallest absolute Gasteiger partial charge is 0.0243 e. The molecule has 0 spiro atoms. The maximum absolute atomic E-state index is 5.83. The maximum atomic E-state index is 5.83. The van der Waals surface area contributed by atoms with Gasteiger partial charge in [-0.15, -0.1) is 19.3 Å². The summed E-state index contributed by atoms with van der Waals surface area (Å²) in [6.45, 7) is 0. The van der Waals surface area contributed by atoms with Gasteiger partial charge in [0.2, 0.25) is 0 Å². The highest BCUT2D eigenvalue weighted by Crippen LogP contribution is 2.55. The molecule has 0 heteroatoms. The van der Waals surface area contributed by atoms with Crippen molar-refractivity contribution in [2.75, 3.05) is 0 Å². The number of benzene rings is 7. The summed E-state index contributed by atoms with van der Waals surface area (Å²) in [6.07, 6.45) is 17.5. The molecule has 0 fully saturated rings. The lowest BCUT2D eigenvalue weighted by atomic mass is 9.74. The SMILES string of the molecule is C#Cc1ccc(-c2c(-c3ccccc3)c(-c3ccc(C#C)cc3)c(-c3ccccc3)c(-c3ccc(C#C)cc3)c2-c2ccccc2)cc1. The van der Waals surface area contributed by atoms with Gasteiger partial charge in [-0.3, -0.25) is 0 Å². The Labute approximate surface area is 283 Å². The third-order valence-electron chi connectivity index (χ3n) is 8.71. The highest BCUT2D eigenvalue weighted by atomic mass is 14.3. The van der Waals surface area contributed by atoms with E-state index in [0.717, 1.165) is 83.5 Å². The Kier molecular flexibility index (Phi) is 8.28. The normalized spacial score (nSPS) is 10.4. The number of terminal acetylenes is 3. The molecule has 7 aromatic carbocycles. The van der Waals surface area contributed by atoms with E-state index >= 15 is 0 Å². The second-order valence-electron chi connectivity index (χ2n) is 11.5. The third-order valence-corrected chi connectivity index (χ3v) is 8.71. The van der Waals surface area contributed by atoms with Crippen LogP contribution in [0.15, 0.2) is 164 Å². The number of hydrogen-bond acceptors (Lipinski definition) is 0. The molecule has 0 aromatic heterocycles. The lowest BCUT2D eigenvalue weighted by Gasteiger charge is -2.29. The minimum absolute atomic E-state index is 0.831. The average molecular weight is 607 g/mol. The first kappa shape index (κ1) is 29.9. The quantitative estimate of drug-likeness (QED) is 0.165. The minimum Gasteiger partial charge on any atom is -0.115 e. The fraction of sp³-hybridized carbons (Fsp3) is 0. The summed E-state index contributed by atoms with van der Waals surface area (Å²) < 4.78 is 0. The molecule has 0 aliphatic rings. The molecule has 0 saturated heterocycles. The van der Waals surface area contributed by atoms with Crippen LogP contribution in [0.25, 0.3) is 66.8 Å². The van der Waals surface area contributed by atoms with Crippen molar-refractivity contribution in [1.29, 1.82) is 0 Å². The zero-order valence-corrected chi connectivity index (χ0v) is 26.3. The molecular formula is C48H30. The van der Waals surface area contributed by atoms with Crippen LogP contribution in [0.4, 0.5) is 0 Å². The molecule has 0 heterocycles. The molecule has 0 N–H and O–H groups in total. The molecule has 0 saturated carbocycles. The molecule has 0 bridgehead atoms. The Hall–Kier alpha value is -6.78. The Morgan fingerprint density at radius 2 is 0.417 bits per heavy atom. The first-order chi connectivity index (χ1) is 23.7. The van der Waals surface area contributed by atoms with E-state index < -0.39 is 0 Å². The van der Waals surface area contributed by atoms with Crippen molar-refractivity contribution in [2.45, 2.75) is 0 Å². The molecule has 7 aromatic rings. The fourth-order valence-electron chi connectivity index (χ4n) is 6.50. The third kappa shape index (κ3) is 5.59. The van der Waals surface area contributed by atoms with Crippen molar-refractivity contribution in [3.8, 4) is 104 Å². The van der Waals surface area contributed by atoms with Gasteiger partial charge in [-0.05, 0) is 103 Å². The van der Waals surface area contributed by atoms with Gasteiger partial charge >= 0.3 is 0 Å². The minimum atomic E-state index is 0.831. The van der Waals surface area contributed by atoms with E-state index in [0.29, 0.717) is 0 Å². The lowest BCUT2D eigenvalue weighted by molar-refractivity contribution is 1.50. The first-order valence-corrected chi connectivity index (χ1v) is 15.8. The van der Waals surface area contributed by atoms with Gasteiger partial charge < -0.3 is 0 Å². The zero-order valence-electron chi connectivity index (χ0n) is 26.3. The van der Waals surface area contributed by atoms with E-state index in [-0.39, 0.29) is 0 Å². The molecule has 0 radical (unpaired) electrons. The highest BCUT2D eigenvalue weighted by molar-refractivity contribution is 6.15. The van der Waals surface area contributed by atoms with Crippen LogP contribution in [-0.2, 0) is 0 Å². The Balaban J connectivity index is 1.79. The average Bonchev–Trinajstić information content (AvgIpc) is 3.18. The molecular weight excluding hydrogens is 577 g/mol. The van der Waals surface area contributed by atoms with Crippen molar-refractivity contribution in [3.63, 3.8) is 0 Å². The van der Waals surface area contributed by atoms with Crippen LogP contribution >= 0.6 is 0 Å². The van der Waals surface area contributed by atoms with E-state index in [1.807, 2.05) is 36.4 Å². The molecule has 0 aliphatic heterocycles. The van der Waals surface area contributed by atoms with Gasteiger partial charge in [-0.25, -0.2) is 0 Å². The largest absolute Gasteiger partial charge is 0.115 e. The molecule has 0 nitrogen and oxygen atoms in total. The number of rotatable bonds is 6. The van der Waals surface area contributed by atoms with Crippen LogP contribution < -0.4 is 0 Å². The lowest BCUT2D eigenvalue weighted by Crippen LogP contribution is -2.02. The van der Waals surface area contributed by atoms with Crippen molar-refractivity contribution in [1.82, 2.24) is 0 Å². The van der Waals surface area contributed by atoms with Crippen LogP contribution in [0.5, 0.6) is 0 Å². The summed E-state index contributed by atoms with van der Waals surface area (Å²) in [6, 6.07) is 56.9. The molecule has 222 valence electrons. The predicted octanol–water partition coefficient (Wildman–Crippen LogP) is 11.6. The molecule has 0 amide bonds. The first-order valence-electron chi connectivity index (χ1n) is 15.8. The Morgan fingerprint density at radius 1 is 0.229 bits per heavy atom. The van der Waals surface area contributed by atoms with Gasteiger partial charge in [-0.1, -0.05) is 145 Å². The van der Waals surface area contributed by atoms with Crippen molar-refractivity contribution in [3.05, 3.63) is 180 Å². The zero-order chi connectivity index (χ0) is 32.9. The second kappa shape index (κ2) is 13.3. The molecule has 0 unspecified atom stereocenters. The Bertz CT molecular complexity index is 2040. The standard InChI is InChI=1S/C48H30/c1-4-34-22-28-40(29-23-34)46-43(37-16-10-7-11-17-37)47(41-30-24-35(5-2)25-31-41)45(39-20-14-9-15-21-39)48(42-32-26-36(6-3)27-33-42)44(46)38-18-12-8-13-19-38/h1-3,7-33H. The van der Waals surface area contributed by atoms with E-state index in [4.69, 9.17) is 19.3 Å². The van der Waals surface area contributed by atoms with Crippen LogP contribution in [0.3, 0.4) is 0 Å². The van der Waals surface area contributed by atoms with Gasteiger partial charge in [0, 0.05) is 16.7 Å². The molecule has 7 rings (SSSR count). The summed E-state index contributed by atoms with van der Waals surface area (Å²) >= 11 is 0. The van der Waals surface area contributed by atoms with Gasteiger partial charge in [-0.2, -0.15) is 0 Å². The van der Waals surface area contributed by atoms with Gasteiger partial charge in [0.15, 0.2) is 0 Å². The van der Waals surface area contributed by atoms with E-state index in [1.165, 1.54) is 0 Å². The monoisotopic (exact) mass is 606 g/mol. The van der Waals surface area contributed by atoms with Crippen LogP contribution in [0, 0.1) is 37.0 Å². The molecule has 0 atom stereocenters. The van der Waals surface area contributed by atoms with E-state index in [9.17, 15) is 0 Å². The van der Waals surface area contributed by atoms with Crippen LogP contribution in [-0.4, -0.2) is 0 Å². The summed E-state index contributed by atoms with van der Waals surface area (Å²) in [7, 11) is 0. The van der Waals surface area contributed by atoms with E-state index in [2.05, 4.69) is 145 Å². The summed E-state index contributed by atoms with van der Waals surface area (Å²) in [5.41, 5.74) is 15.7. The highest BCUT2D eigenvalue weighted by Gasteiger charge is 2.29.